The zero-order valence-electron chi connectivity index (χ0n) is 12.7. The molecule has 0 aliphatic carbocycles. The molecular weight excluding hydrogens is 342 g/mol. The van der Waals surface area contributed by atoms with Crippen LogP contribution in [0.25, 0.3) is 0 Å². The SMILES string of the molecule is Cc1ccc(S(=O)(=O)OC[C@H]2O[C@H](SCCN)[C@@H](O)[C@@H]2O)cc1. The van der Waals surface area contributed by atoms with Gasteiger partial charge in [-0.1, -0.05) is 17.7 Å². The van der Waals surface area contributed by atoms with Gasteiger partial charge >= 0.3 is 0 Å². The summed E-state index contributed by atoms with van der Waals surface area (Å²) in [7, 11) is -3.94. The predicted octanol–water partition coefficient (Wildman–Crippen LogP) is -0.161. The van der Waals surface area contributed by atoms with Crippen molar-refractivity contribution in [3.8, 4) is 0 Å². The standard InChI is InChI=1S/C14H21NO6S2/c1-9-2-4-10(5-3-9)23(18,19)20-8-11-12(16)13(17)14(21-11)22-7-6-15/h2-5,11-14,16-17H,6-8,15H2,1H3/t11-,12-,13+,14-/m1/s1. The lowest BCUT2D eigenvalue weighted by Gasteiger charge is -2.14. The van der Waals surface area contributed by atoms with Crippen LogP contribution < -0.4 is 5.73 Å². The maximum Gasteiger partial charge on any atom is 0.297 e. The van der Waals surface area contributed by atoms with Gasteiger partial charge in [0.2, 0.25) is 0 Å². The molecule has 0 spiro atoms. The molecule has 130 valence electrons. The Hall–Kier alpha value is -0.680. The van der Waals surface area contributed by atoms with Crippen molar-refractivity contribution in [2.45, 2.75) is 35.6 Å². The van der Waals surface area contributed by atoms with Crippen LogP contribution in [-0.2, 0) is 19.0 Å². The summed E-state index contributed by atoms with van der Waals surface area (Å²) >= 11 is 1.27. The Morgan fingerprint density at radius 2 is 1.91 bits per heavy atom. The number of aryl methyl sites for hydroxylation is 1. The molecule has 4 N–H and O–H groups in total. The molecule has 2 rings (SSSR count). The molecule has 23 heavy (non-hydrogen) atoms. The molecule has 1 fully saturated rings. The quantitative estimate of drug-likeness (QED) is 0.572. The van der Waals surface area contributed by atoms with Crippen LogP contribution in [-0.4, -0.2) is 61.3 Å². The van der Waals surface area contributed by atoms with Gasteiger partial charge in [-0.05, 0) is 19.1 Å². The van der Waals surface area contributed by atoms with E-state index in [1.54, 1.807) is 12.1 Å². The highest BCUT2D eigenvalue weighted by Crippen LogP contribution is 2.29. The summed E-state index contributed by atoms with van der Waals surface area (Å²) in [5.74, 6) is 0.559. The Morgan fingerprint density at radius 1 is 1.26 bits per heavy atom. The number of ether oxygens (including phenoxy) is 1. The number of nitrogens with two attached hydrogens (primary N) is 1. The molecule has 4 atom stereocenters. The Bertz CT molecular complexity index is 606. The molecule has 0 bridgehead atoms. The zero-order valence-corrected chi connectivity index (χ0v) is 14.3. The van der Waals surface area contributed by atoms with Gasteiger partial charge in [0.25, 0.3) is 10.1 Å². The summed E-state index contributed by atoms with van der Waals surface area (Å²) in [5.41, 5.74) is 5.67. The second-order valence-electron chi connectivity index (χ2n) is 5.24. The number of thioether (sulfide) groups is 1. The highest BCUT2D eigenvalue weighted by Gasteiger charge is 2.43. The molecule has 0 radical (unpaired) electrons. The van der Waals surface area contributed by atoms with Gasteiger partial charge in [-0.25, -0.2) is 0 Å². The average molecular weight is 363 g/mol. The monoisotopic (exact) mass is 363 g/mol. The van der Waals surface area contributed by atoms with Gasteiger partial charge in [0.1, 0.15) is 23.7 Å². The first-order chi connectivity index (χ1) is 10.8. The fourth-order valence-corrected chi connectivity index (χ4v) is 3.97. The van der Waals surface area contributed by atoms with Crippen molar-refractivity contribution in [2.24, 2.45) is 5.73 Å². The summed E-state index contributed by atoms with van der Waals surface area (Å²) in [6, 6.07) is 6.23. The Kier molecular flexibility index (Phi) is 6.43. The summed E-state index contributed by atoms with van der Waals surface area (Å²) in [6.07, 6.45) is -3.23. The second kappa shape index (κ2) is 7.93. The molecule has 0 unspecified atom stereocenters. The highest BCUT2D eigenvalue weighted by atomic mass is 32.2. The predicted molar refractivity (Wildman–Crippen MR) is 86.5 cm³/mol. The Labute approximate surface area is 139 Å². The summed E-state index contributed by atoms with van der Waals surface area (Å²) in [6.45, 7) is 1.89. The van der Waals surface area contributed by atoms with E-state index in [0.717, 1.165) is 5.56 Å². The molecule has 0 saturated carbocycles. The van der Waals surface area contributed by atoms with Crippen molar-refractivity contribution in [3.63, 3.8) is 0 Å². The van der Waals surface area contributed by atoms with Crippen molar-refractivity contribution in [1.82, 2.24) is 0 Å². The van der Waals surface area contributed by atoms with Crippen LogP contribution in [0.4, 0.5) is 0 Å². The average Bonchev–Trinajstić information content (AvgIpc) is 2.79. The fourth-order valence-electron chi connectivity index (χ4n) is 2.10. The van der Waals surface area contributed by atoms with Gasteiger partial charge in [0, 0.05) is 12.3 Å². The lowest BCUT2D eigenvalue weighted by Crippen LogP contribution is -2.34. The first-order valence-corrected chi connectivity index (χ1v) is 9.60. The topological polar surface area (TPSA) is 119 Å². The van der Waals surface area contributed by atoms with Gasteiger partial charge in [-0.2, -0.15) is 8.42 Å². The van der Waals surface area contributed by atoms with E-state index in [9.17, 15) is 18.6 Å². The summed E-state index contributed by atoms with van der Waals surface area (Å²) < 4.78 is 34.6. The van der Waals surface area contributed by atoms with Gasteiger partial charge in [0.15, 0.2) is 0 Å². The van der Waals surface area contributed by atoms with Crippen molar-refractivity contribution in [3.05, 3.63) is 29.8 Å². The van der Waals surface area contributed by atoms with E-state index in [1.165, 1.54) is 23.9 Å². The van der Waals surface area contributed by atoms with Crippen molar-refractivity contribution >= 4 is 21.9 Å². The van der Waals surface area contributed by atoms with Gasteiger partial charge in [-0.3, -0.25) is 4.18 Å². The molecular formula is C14H21NO6S2. The molecule has 1 saturated heterocycles. The minimum Gasteiger partial charge on any atom is -0.387 e. The van der Waals surface area contributed by atoms with Gasteiger partial charge in [-0.15, -0.1) is 11.8 Å². The largest absolute Gasteiger partial charge is 0.387 e. The number of rotatable bonds is 7. The fraction of sp³-hybridized carbons (Fsp3) is 0.571. The number of aliphatic hydroxyl groups excluding tert-OH is 2. The molecule has 1 heterocycles. The third-order valence-electron chi connectivity index (χ3n) is 3.42. The highest BCUT2D eigenvalue weighted by molar-refractivity contribution is 7.99. The molecule has 0 amide bonds. The van der Waals surface area contributed by atoms with Gasteiger partial charge in [0.05, 0.1) is 11.5 Å². The molecule has 9 heteroatoms. The first-order valence-electron chi connectivity index (χ1n) is 7.14. The zero-order chi connectivity index (χ0) is 17.0. The van der Waals surface area contributed by atoms with E-state index in [0.29, 0.717) is 12.3 Å². The lowest BCUT2D eigenvalue weighted by atomic mass is 10.2. The molecule has 1 aliphatic heterocycles. The molecule has 1 aliphatic rings. The van der Waals surface area contributed by atoms with E-state index in [-0.39, 0.29) is 11.5 Å². The van der Waals surface area contributed by atoms with Crippen LogP contribution >= 0.6 is 11.8 Å². The maximum atomic E-state index is 12.1. The van der Waals surface area contributed by atoms with Gasteiger partial charge < -0.3 is 20.7 Å². The third-order valence-corrected chi connectivity index (χ3v) is 5.90. The van der Waals surface area contributed by atoms with Crippen LogP contribution in [0.1, 0.15) is 5.56 Å². The molecule has 7 nitrogen and oxygen atoms in total. The molecule has 1 aromatic rings. The Balaban J connectivity index is 1.96. The van der Waals surface area contributed by atoms with Crippen molar-refractivity contribution < 1.29 is 27.6 Å². The molecule has 1 aromatic carbocycles. The summed E-state index contributed by atoms with van der Waals surface area (Å²) in [4.78, 5) is 0.0326. The number of aliphatic hydroxyl groups is 2. The van der Waals surface area contributed by atoms with Crippen LogP contribution in [0.15, 0.2) is 29.2 Å². The molecule has 0 aromatic heterocycles. The van der Waals surface area contributed by atoms with E-state index in [1.807, 2.05) is 6.92 Å². The normalized spacial score (nSPS) is 28.2. The first kappa shape index (κ1) is 18.7. The third kappa shape index (κ3) is 4.66. The van der Waals surface area contributed by atoms with Crippen molar-refractivity contribution in [1.29, 1.82) is 0 Å². The maximum absolute atomic E-state index is 12.1. The van der Waals surface area contributed by atoms with Crippen LogP contribution in [0.3, 0.4) is 0 Å². The summed E-state index contributed by atoms with van der Waals surface area (Å²) in [5, 5.41) is 19.8. The number of hydrogen-bond acceptors (Lipinski definition) is 8. The smallest absolute Gasteiger partial charge is 0.297 e. The second-order valence-corrected chi connectivity index (χ2v) is 8.06. The van der Waals surface area contributed by atoms with E-state index >= 15 is 0 Å². The Morgan fingerprint density at radius 3 is 2.52 bits per heavy atom. The minimum atomic E-state index is -3.94. The van der Waals surface area contributed by atoms with Crippen LogP contribution in [0, 0.1) is 6.92 Å². The van der Waals surface area contributed by atoms with Crippen LogP contribution in [0.5, 0.6) is 0 Å². The van der Waals surface area contributed by atoms with Crippen molar-refractivity contribution in [2.75, 3.05) is 18.9 Å². The number of benzene rings is 1. The minimum absolute atomic E-state index is 0.0326. The van der Waals surface area contributed by atoms with E-state index in [4.69, 9.17) is 14.7 Å². The lowest BCUT2D eigenvalue weighted by molar-refractivity contribution is -0.000687. The van der Waals surface area contributed by atoms with Crippen LogP contribution in [0.2, 0.25) is 0 Å². The number of hydrogen-bond donors (Lipinski definition) is 3. The van der Waals surface area contributed by atoms with E-state index < -0.39 is 33.9 Å². The van der Waals surface area contributed by atoms with E-state index in [2.05, 4.69) is 0 Å².